The second kappa shape index (κ2) is 9.30. The number of piperidine rings is 1. The average Bonchev–Trinajstić information content (AvgIpc) is 3.30. The van der Waals surface area contributed by atoms with E-state index in [1.807, 2.05) is 37.6 Å². The fourth-order valence-corrected chi connectivity index (χ4v) is 4.53. The van der Waals surface area contributed by atoms with Crippen molar-refractivity contribution < 1.29 is 4.79 Å². The molecule has 5 heterocycles. The molecule has 8 heteroatoms. The van der Waals surface area contributed by atoms with Crippen molar-refractivity contribution in [2.24, 2.45) is 7.05 Å². The van der Waals surface area contributed by atoms with Crippen LogP contribution >= 0.6 is 0 Å². The van der Waals surface area contributed by atoms with Crippen LogP contribution in [-0.4, -0.2) is 68.6 Å². The summed E-state index contributed by atoms with van der Waals surface area (Å²) in [7, 11) is 6.15. The third kappa shape index (κ3) is 4.68. The second-order valence-corrected chi connectivity index (χ2v) is 9.18. The molecule has 34 heavy (non-hydrogen) atoms. The highest BCUT2D eigenvalue weighted by molar-refractivity contribution is 5.98. The summed E-state index contributed by atoms with van der Waals surface area (Å²) in [5.74, 6) is 0.918. The molecule has 174 valence electrons. The molecular formula is C26H29N7O. The van der Waals surface area contributed by atoms with Crippen molar-refractivity contribution in [3.8, 4) is 11.3 Å². The van der Waals surface area contributed by atoms with E-state index in [2.05, 4.69) is 43.9 Å². The summed E-state index contributed by atoms with van der Waals surface area (Å²) in [6.45, 7) is 1.90. The van der Waals surface area contributed by atoms with E-state index in [1.165, 1.54) is 0 Å². The van der Waals surface area contributed by atoms with Crippen LogP contribution in [0.3, 0.4) is 0 Å². The molecule has 1 aliphatic rings. The van der Waals surface area contributed by atoms with Gasteiger partial charge in [-0.2, -0.15) is 5.10 Å². The van der Waals surface area contributed by atoms with E-state index in [9.17, 15) is 4.79 Å². The molecule has 0 amide bonds. The zero-order chi connectivity index (χ0) is 23.7. The Labute approximate surface area is 199 Å². The van der Waals surface area contributed by atoms with Gasteiger partial charge in [0.25, 0.3) is 0 Å². The maximum atomic E-state index is 13.1. The number of ketones is 1. The van der Waals surface area contributed by atoms with Gasteiger partial charge in [-0.25, -0.2) is 4.98 Å². The van der Waals surface area contributed by atoms with Gasteiger partial charge < -0.3 is 9.80 Å². The van der Waals surface area contributed by atoms with Gasteiger partial charge in [-0.1, -0.05) is 0 Å². The van der Waals surface area contributed by atoms with Gasteiger partial charge in [0.1, 0.15) is 5.82 Å². The number of carbonyl (C=O) groups excluding carboxylic acids is 1. The van der Waals surface area contributed by atoms with Crippen molar-refractivity contribution in [3.05, 3.63) is 66.5 Å². The lowest BCUT2D eigenvalue weighted by Gasteiger charge is -2.35. The third-order valence-electron chi connectivity index (χ3n) is 6.59. The Balaban J connectivity index is 1.32. The van der Waals surface area contributed by atoms with Crippen molar-refractivity contribution in [2.45, 2.75) is 25.3 Å². The van der Waals surface area contributed by atoms with Gasteiger partial charge in [0, 0.05) is 73.2 Å². The average molecular weight is 456 g/mol. The van der Waals surface area contributed by atoms with E-state index in [4.69, 9.17) is 0 Å². The van der Waals surface area contributed by atoms with Gasteiger partial charge in [-0.15, -0.1) is 0 Å². The number of rotatable bonds is 6. The minimum absolute atomic E-state index is 0.0419. The molecule has 0 saturated carbocycles. The predicted molar refractivity (Wildman–Crippen MR) is 133 cm³/mol. The summed E-state index contributed by atoms with van der Waals surface area (Å²) in [6.07, 6.45) is 11.5. The van der Waals surface area contributed by atoms with Crippen molar-refractivity contribution in [1.82, 2.24) is 29.6 Å². The number of carbonyl (C=O) groups is 1. The van der Waals surface area contributed by atoms with Crippen LogP contribution < -0.4 is 4.90 Å². The Morgan fingerprint density at radius 2 is 1.82 bits per heavy atom. The van der Waals surface area contributed by atoms with Crippen LogP contribution in [0.25, 0.3) is 22.0 Å². The van der Waals surface area contributed by atoms with Crippen LogP contribution in [0.5, 0.6) is 0 Å². The highest BCUT2D eigenvalue weighted by Gasteiger charge is 2.22. The highest BCUT2D eigenvalue weighted by Crippen LogP contribution is 2.23. The minimum Gasteiger partial charge on any atom is -0.356 e. The van der Waals surface area contributed by atoms with Gasteiger partial charge in [-0.05, 0) is 56.6 Å². The van der Waals surface area contributed by atoms with Crippen LogP contribution in [0.1, 0.15) is 28.9 Å². The molecule has 0 N–H and O–H groups in total. The molecule has 5 rings (SSSR count). The lowest BCUT2D eigenvalue weighted by molar-refractivity contribution is 0.0992. The summed E-state index contributed by atoms with van der Waals surface area (Å²) in [4.78, 5) is 31.2. The summed E-state index contributed by atoms with van der Waals surface area (Å²) >= 11 is 0. The molecule has 8 nitrogen and oxygen atoms in total. The number of anilines is 1. The van der Waals surface area contributed by atoms with E-state index in [-0.39, 0.29) is 12.2 Å². The number of fused-ring (bicyclic) bond motifs is 1. The second-order valence-electron chi connectivity index (χ2n) is 9.18. The molecule has 4 aromatic rings. The van der Waals surface area contributed by atoms with E-state index < -0.39 is 0 Å². The summed E-state index contributed by atoms with van der Waals surface area (Å²) in [5.41, 5.74) is 3.22. The molecule has 1 fully saturated rings. The summed E-state index contributed by atoms with van der Waals surface area (Å²) < 4.78 is 1.76. The van der Waals surface area contributed by atoms with Gasteiger partial charge in [0.2, 0.25) is 0 Å². The van der Waals surface area contributed by atoms with Crippen molar-refractivity contribution in [1.29, 1.82) is 0 Å². The zero-order valence-electron chi connectivity index (χ0n) is 19.8. The third-order valence-corrected chi connectivity index (χ3v) is 6.59. The normalized spacial score (nSPS) is 14.8. The van der Waals surface area contributed by atoms with Crippen LogP contribution in [0.2, 0.25) is 0 Å². The lowest BCUT2D eigenvalue weighted by Crippen LogP contribution is -2.42. The standard InChI is InChI=1S/C26H29N7O/c1-31(2)23-5-8-33(9-6-23)26-12-18(4-7-27-26)25(34)13-22-10-19-11-24(21-16-30-32(3)17-21)29-15-20(19)14-28-22/h4,7,10-12,14-17,23H,5-6,8-9,13H2,1-3H3. The molecule has 4 aromatic heterocycles. The topological polar surface area (TPSA) is 80.0 Å². The number of pyridine rings is 3. The monoisotopic (exact) mass is 455 g/mol. The highest BCUT2D eigenvalue weighted by atomic mass is 16.1. The molecule has 0 spiro atoms. The quantitative estimate of drug-likeness (QED) is 0.412. The number of hydrogen-bond donors (Lipinski definition) is 0. The van der Waals surface area contributed by atoms with Gasteiger partial charge in [0.15, 0.2) is 5.78 Å². The smallest absolute Gasteiger partial charge is 0.169 e. The van der Waals surface area contributed by atoms with Gasteiger partial charge in [-0.3, -0.25) is 19.4 Å². The fourth-order valence-electron chi connectivity index (χ4n) is 4.53. The Morgan fingerprint density at radius 1 is 1.03 bits per heavy atom. The first-order valence-corrected chi connectivity index (χ1v) is 11.6. The zero-order valence-corrected chi connectivity index (χ0v) is 19.8. The van der Waals surface area contributed by atoms with Gasteiger partial charge >= 0.3 is 0 Å². The number of hydrogen-bond acceptors (Lipinski definition) is 7. The largest absolute Gasteiger partial charge is 0.356 e. The van der Waals surface area contributed by atoms with E-state index in [0.717, 1.165) is 59.5 Å². The lowest BCUT2D eigenvalue weighted by atomic mass is 10.0. The molecule has 0 unspecified atom stereocenters. The van der Waals surface area contributed by atoms with Crippen molar-refractivity contribution in [2.75, 3.05) is 32.1 Å². The summed E-state index contributed by atoms with van der Waals surface area (Å²) in [5, 5.41) is 6.17. The molecule has 0 aromatic carbocycles. The maximum absolute atomic E-state index is 13.1. The minimum atomic E-state index is 0.0419. The first kappa shape index (κ1) is 22.2. The first-order chi connectivity index (χ1) is 16.5. The number of aromatic nitrogens is 5. The number of nitrogens with zero attached hydrogens (tertiary/aromatic N) is 7. The van der Waals surface area contributed by atoms with Crippen molar-refractivity contribution >= 4 is 22.4 Å². The number of Topliss-reactive ketones (excluding diaryl/α,β-unsaturated/α-hetero) is 1. The SMILES string of the molecule is CN(C)C1CCN(c2cc(C(=O)Cc3cc4cc(-c5cnn(C)c5)ncc4cn3)ccn2)CC1. The molecule has 1 saturated heterocycles. The molecule has 1 aliphatic heterocycles. The molecule has 0 radical (unpaired) electrons. The van der Waals surface area contributed by atoms with Crippen LogP contribution in [0.4, 0.5) is 5.82 Å². The molecule has 0 aliphatic carbocycles. The molecule has 0 atom stereocenters. The van der Waals surface area contributed by atoms with Crippen molar-refractivity contribution in [3.63, 3.8) is 0 Å². The van der Waals surface area contributed by atoms with E-state index >= 15 is 0 Å². The summed E-state index contributed by atoms with van der Waals surface area (Å²) in [6, 6.07) is 8.31. The number of aryl methyl sites for hydroxylation is 1. The Hall–Kier alpha value is -3.65. The predicted octanol–water partition coefficient (Wildman–Crippen LogP) is 3.38. The molecule has 0 bridgehead atoms. The Kier molecular flexibility index (Phi) is 6.06. The van der Waals surface area contributed by atoms with Crippen LogP contribution in [0, 0.1) is 0 Å². The van der Waals surface area contributed by atoms with E-state index in [0.29, 0.717) is 11.6 Å². The Morgan fingerprint density at radius 3 is 2.56 bits per heavy atom. The fraction of sp³-hybridized carbons (Fsp3) is 0.346. The van der Waals surface area contributed by atoms with Gasteiger partial charge in [0.05, 0.1) is 18.3 Å². The van der Waals surface area contributed by atoms with Crippen LogP contribution in [0.15, 0.2) is 55.2 Å². The van der Waals surface area contributed by atoms with Crippen LogP contribution in [-0.2, 0) is 13.5 Å². The Bertz CT molecular complexity index is 1320. The van der Waals surface area contributed by atoms with E-state index in [1.54, 1.807) is 29.3 Å². The first-order valence-electron chi connectivity index (χ1n) is 11.6. The molecular weight excluding hydrogens is 426 g/mol. The maximum Gasteiger partial charge on any atom is 0.169 e.